The lowest BCUT2D eigenvalue weighted by Crippen LogP contribution is -1.73. The molecule has 0 radical (unpaired) electrons. The van der Waals surface area contributed by atoms with Gasteiger partial charge in [0.05, 0.1) is 0 Å². The van der Waals surface area contributed by atoms with Crippen LogP contribution in [0.5, 0.6) is 0 Å². The van der Waals surface area contributed by atoms with Crippen LogP contribution < -0.4 is 0 Å². The maximum Gasteiger partial charge on any atom is 0.505 e. The van der Waals surface area contributed by atoms with E-state index in [2.05, 4.69) is 0 Å². The highest BCUT2D eigenvalue weighted by molar-refractivity contribution is 7.37. The van der Waals surface area contributed by atoms with E-state index in [1.54, 1.807) is 0 Å². The highest BCUT2D eigenvalue weighted by atomic mass is 31.1. The Bertz CT molecular complexity index is 67.1. The zero-order valence-electron chi connectivity index (χ0n) is 4.42. The average Bonchev–Trinajstić information content (AvgIpc) is 1.61. The summed E-state index contributed by atoms with van der Waals surface area (Å²) in [6.07, 6.45) is 2.33. The highest BCUT2D eigenvalue weighted by Gasteiger charge is 2.05. The van der Waals surface area contributed by atoms with Gasteiger partial charge in [0.2, 0.25) is 0 Å². The Balaban J connectivity index is 0. The minimum absolute atomic E-state index is 0. The van der Waals surface area contributed by atoms with Gasteiger partial charge in [0.25, 0.3) is 0 Å². The second kappa shape index (κ2) is 7.59. The van der Waals surface area contributed by atoms with Crippen LogP contribution in [0.3, 0.4) is 0 Å². The minimum atomic E-state index is -1.86. The van der Waals surface area contributed by atoms with Gasteiger partial charge in [-0.15, -0.1) is 0 Å². The zero-order valence-corrected chi connectivity index (χ0v) is 5.32. The van der Waals surface area contributed by atoms with E-state index in [-0.39, 0.29) is 17.4 Å². The van der Waals surface area contributed by atoms with Crippen molar-refractivity contribution >= 4 is 25.4 Å². The molecule has 48 valence electrons. The van der Waals surface area contributed by atoms with Gasteiger partial charge in [-0.2, -0.15) is 4.89 Å². The maximum atomic E-state index is 9.91. The summed E-state index contributed by atoms with van der Waals surface area (Å²) in [6.45, 7) is 2.00. The van der Waals surface area contributed by atoms with Crippen molar-refractivity contribution in [3.05, 3.63) is 0 Å². The largest absolute Gasteiger partial charge is 0.505 e. The molecule has 4 heteroatoms. The third-order valence-electron chi connectivity index (χ3n) is 0.703. The average molecular weight is 151 g/mol. The Kier molecular flexibility index (Phi) is 10.8. The van der Waals surface area contributed by atoms with Gasteiger partial charge in [-0.05, 0) is 11.0 Å². The van der Waals surface area contributed by atoms with Gasteiger partial charge < -0.3 is 0 Å². The van der Waals surface area contributed by atoms with E-state index < -0.39 is 8.03 Å². The summed E-state index contributed by atoms with van der Waals surface area (Å²) in [4.78, 5) is 8.19. The van der Waals surface area contributed by atoms with E-state index in [4.69, 9.17) is 4.89 Å². The highest BCUT2D eigenvalue weighted by Crippen LogP contribution is 2.13. The maximum absolute atomic E-state index is 9.91. The fraction of sp³-hybridized carbons (Fsp3) is 1.00. The molecule has 1 atom stereocenters. The number of rotatable bonds is 3. The lowest BCUT2D eigenvalue weighted by Gasteiger charge is -1.75. The normalized spacial score (nSPS) is 10.0. The summed E-state index contributed by atoms with van der Waals surface area (Å²) in [5.41, 5.74) is 0. The van der Waals surface area contributed by atoms with E-state index in [1.807, 2.05) is 6.92 Å². The second-order valence-corrected chi connectivity index (χ2v) is 2.58. The van der Waals surface area contributed by atoms with Crippen LogP contribution in [0.25, 0.3) is 0 Å². The Morgan fingerprint density at radius 3 is 2.25 bits per heavy atom. The fourth-order valence-corrected chi connectivity index (χ4v) is 0.880. The van der Waals surface area contributed by atoms with Gasteiger partial charge in [-0.1, -0.05) is 13.3 Å². The van der Waals surface area contributed by atoms with Crippen LogP contribution >= 0.6 is 8.03 Å². The van der Waals surface area contributed by atoms with E-state index in [0.29, 0.717) is 6.16 Å². The molecule has 8 heavy (non-hydrogen) atoms. The third kappa shape index (κ3) is 9.78. The van der Waals surface area contributed by atoms with Crippen LogP contribution in [0.15, 0.2) is 0 Å². The third-order valence-corrected chi connectivity index (χ3v) is 1.40. The van der Waals surface area contributed by atoms with Crippen molar-refractivity contribution < 1.29 is 9.46 Å². The van der Waals surface area contributed by atoms with Crippen LogP contribution in [-0.2, 0) is 4.57 Å². The van der Waals surface area contributed by atoms with Crippen LogP contribution in [0.4, 0.5) is 0 Å². The molecule has 1 N–H and O–H groups in total. The van der Waals surface area contributed by atoms with Gasteiger partial charge in [-0.25, -0.2) is 0 Å². The monoisotopic (exact) mass is 151 g/mol. The summed E-state index contributed by atoms with van der Waals surface area (Å²) < 4.78 is 9.91. The summed E-state index contributed by atoms with van der Waals surface area (Å²) in [5.74, 6) is 0. The van der Waals surface area contributed by atoms with E-state index in [9.17, 15) is 4.57 Å². The van der Waals surface area contributed by atoms with Crippen LogP contribution in [0.1, 0.15) is 19.8 Å². The van der Waals surface area contributed by atoms with Gasteiger partial charge in [-0.3, -0.25) is 0 Å². The minimum Gasteiger partial charge on any atom is -0.161 e. The first-order chi connectivity index (χ1) is 3.27. The quantitative estimate of drug-likeness (QED) is 0.466. The first-order valence-corrected chi connectivity index (χ1v) is 3.80. The molecule has 0 fully saturated rings. The molecule has 0 aliphatic carbocycles. The van der Waals surface area contributed by atoms with Crippen molar-refractivity contribution in [2.75, 3.05) is 6.16 Å². The van der Waals surface area contributed by atoms with Crippen molar-refractivity contribution in [3.8, 4) is 0 Å². The first-order valence-electron chi connectivity index (χ1n) is 2.41. The van der Waals surface area contributed by atoms with Crippen molar-refractivity contribution in [2.24, 2.45) is 0 Å². The van der Waals surface area contributed by atoms with E-state index in [0.717, 1.165) is 12.8 Å². The van der Waals surface area contributed by atoms with Crippen LogP contribution in [-0.4, -0.2) is 28.4 Å². The molecule has 0 aromatic heterocycles. The number of hydrogen-bond acceptors (Lipinski definition) is 1. The van der Waals surface area contributed by atoms with Gasteiger partial charge in [0.15, 0.2) is 23.5 Å². The molecule has 0 spiro atoms. The summed E-state index contributed by atoms with van der Waals surface area (Å²) >= 11 is 0. The SMILES string of the molecule is CCCC[P+](=O)O.[AlH3]. The molecule has 0 saturated heterocycles. The Labute approximate surface area is 61.3 Å². The number of hydrogen-bond donors (Lipinski definition) is 1. The molecular formula is C4H13AlO2P+. The molecule has 0 bridgehead atoms. The molecule has 2 nitrogen and oxygen atoms in total. The number of unbranched alkanes of at least 4 members (excludes halogenated alkanes) is 1. The van der Waals surface area contributed by atoms with Crippen molar-refractivity contribution in [1.82, 2.24) is 0 Å². The standard InChI is InChI=1S/C4H9O2P.Al.3H/c1-2-3-4-7(5)6;;;;/h2-4H2,1H3;;;;/p+1. The smallest absolute Gasteiger partial charge is 0.161 e. The van der Waals surface area contributed by atoms with Gasteiger partial charge in [0, 0.05) is 0 Å². The molecule has 0 heterocycles. The fourth-order valence-electron chi connectivity index (χ4n) is 0.293. The molecule has 0 amide bonds. The molecule has 0 aliphatic heterocycles. The van der Waals surface area contributed by atoms with Crippen molar-refractivity contribution in [1.29, 1.82) is 0 Å². The molecule has 0 aliphatic rings. The summed E-state index contributed by atoms with van der Waals surface area (Å²) in [6, 6.07) is 0. The van der Waals surface area contributed by atoms with E-state index in [1.165, 1.54) is 0 Å². The molecule has 0 aromatic rings. The van der Waals surface area contributed by atoms with Crippen molar-refractivity contribution in [2.45, 2.75) is 19.8 Å². The predicted molar refractivity (Wildman–Crippen MR) is 39.5 cm³/mol. The Morgan fingerprint density at radius 2 is 2.12 bits per heavy atom. The zero-order chi connectivity index (χ0) is 5.70. The lowest BCUT2D eigenvalue weighted by molar-refractivity contribution is 0.501. The van der Waals surface area contributed by atoms with Gasteiger partial charge in [0.1, 0.15) is 0 Å². The van der Waals surface area contributed by atoms with E-state index >= 15 is 0 Å². The molecule has 1 unspecified atom stereocenters. The van der Waals surface area contributed by atoms with Crippen LogP contribution in [0.2, 0.25) is 0 Å². The molecule has 0 rings (SSSR count). The Morgan fingerprint density at radius 1 is 1.62 bits per heavy atom. The second-order valence-electron chi connectivity index (χ2n) is 1.43. The predicted octanol–water partition coefficient (Wildman–Crippen LogP) is 0.337. The van der Waals surface area contributed by atoms with Gasteiger partial charge >= 0.3 is 8.03 Å². The summed E-state index contributed by atoms with van der Waals surface area (Å²) in [5, 5.41) is 0. The molecule has 0 saturated carbocycles. The topological polar surface area (TPSA) is 37.3 Å². The van der Waals surface area contributed by atoms with Crippen molar-refractivity contribution in [3.63, 3.8) is 0 Å². The van der Waals surface area contributed by atoms with Crippen LogP contribution in [0, 0.1) is 0 Å². The first kappa shape index (κ1) is 11.4. The summed E-state index contributed by atoms with van der Waals surface area (Å²) in [7, 11) is -1.86. The Hall–Kier alpha value is 0.592. The lowest BCUT2D eigenvalue weighted by atomic mass is 10.4. The molecular weight excluding hydrogens is 138 g/mol. The molecule has 0 aromatic carbocycles.